The van der Waals surface area contributed by atoms with Gasteiger partial charge in [0.2, 0.25) is 0 Å². The molecule has 0 unspecified atom stereocenters. The standard InChI is InChI=1S/C23H18ClF2NO5S/c24-18-2-1-3-19(26)23(18)21(29)11-14-4-9-22-20(10-14)27(12-16(13-28)32-22)33(30,31)17-7-5-15(25)6-8-17/h1-10,16,28H,11-13H2/t16-/m1/s1. The third-order valence-electron chi connectivity index (χ3n) is 5.17. The van der Waals surface area contributed by atoms with Crippen LogP contribution in [0.3, 0.4) is 0 Å². The van der Waals surface area contributed by atoms with Crippen molar-refractivity contribution in [3.63, 3.8) is 0 Å². The van der Waals surface area contributed by atoms with Crippen molar-refractivity contribution in [1.29, 1.82) is 0 Å². The van der Waals surface area contributed by atoms with Crippen LogP contribution in [0.1, 0.15) is 15.9 Å². The number of hydrogen-bond donors (Lipinski definition) is 1. The molecule has 1 aliphatic rings. The van der Waals surface area contributed by atoms with Crippen LogP contribution < -0.4 is 9.04 Å². The maximum Gasteiger partial charge on any atom is 0.264 e. The van der Waals surface area contributed by atoms with Gasteiger partial charge in [-0.3, -0.25) is 9.10 Å². The van der Waals surface area contributed by atoms with Gasteiger partial charge in [-0.15, -0.1) is 0 Å². The second-order valence-electron chi connectivity index (χ2n) is 7.41. The monoisotopic (exact) mass is 493 g/mol. The average Bonchev–Trinajstić information content (AvgIpc) is 2.78. The summed E-state index contributed by atoms with van der Waals surface area (Å²) in [7, 11) is -4.14. The van der Waals surface area contributed by atoms with Crippen LogP contribution in [-0.4, -0.2) is 38.6 Å². The zero-order valence-corrected chi connectivity index (χ0v) is 18.6. The molecule has 0 aromatic heterocycles. The Hall–Kier alpha value is -3.01. The molecule has 0 fully saturated rings. The van der Waals surface area contributed by atoms with E-state index in [0.717, 1.165) is 34.6 Å². The van der Waals surface area contributed by atoms with Crippen molar-refractivity contribution >= 4 is 33.1 Å². The Bertz CT molecular complexity index is 1290. The van der Waals surface area contributed by atoms with Crippen molar-refractivity contribution in [2.24, 2.45) is 0 Å². The third-order valence-corrected chi connectivity index (χ3v) is 7.28. The number of sulfonamides is 1. The van der Waals surface area contributed by atoms with E-state index in [0.29, 0.717) is 5.56 Å². The zero-order valence-electron chi connectivity index (χ0n) is 17.0. The Morgan fingerprint density at radius 2 is 1.85 bits per heavy atom. The molecule has 0 aliphatic carbocycles. The lowest BCUT2D eigenvalue weighted by Gasteiger charge is -2.35. The van der Waals surface area contributed by atoms with E-state index in [1.165, 1.54) is 24.3 Å². The number of halogens is 3. The number of benzene rings is 3. The molecule has 1 aliphatic heterocycles. The number of carbonyl (C=O) groups excluding carboxylic acids is 1. The number of rotatable bonds is 6. The Balaban J connectivity index is 1.72. The number of carbonyl (C=O) groups is 1. The van der Waals surface area contributed by atoms with E-state index in [-0.39, 0.29) is 39.9 Å². The summed E-state index contributed by atoms with van der Waals surface area (Å²) in [5.41, 5.74) is 0.307. The molecule has 0 radical (unpaired) electrons. The molecule has 1 N–H and O–H groups in total. The molecular formula is C23H18ClF2NO5S. The van der Waals surface area contributed by atoms with E-state index in [9.17, 15) is 27.1 Å². The second kappa shape index (κ2) is 9.09. The minimum absolute atomic E-state index is 0.0207. The summed E-state index contributed by atoms with van der Waals surface area (Å²) < 4.78 is 60.8. The highest BCUT2D eigenvalue weighted by molar-refractivity contribution is 7.92. The van der Waals surface area contributed by atoms with Gasteiger partial charge in [-0.25, -0.2) is 17.2 Å². The SMILES string of the molecule is O=C(Cc1ccc2c(c1)N(S(=O)(=O)c1ccc(F)cc1)C[C@H](CO)O2)c1c(F)cccc1Cl. The third kappa shape index (κ3) is 4.57. The Morgan fingerprint density at radius 1 is 1.12 bits per heavy atom. The molecule has 1 atom stereocenters. The second-order valence-corrected chi connectivity index (χ2v) is 9.68. The first-order valence-electron chi connectivity index (χ1n) is 9.86. The lowest BCUT2D eigenvalue weighted by Crippen LogP contribution is -2.45. The molecule has 3 aromatic carbocycles. The van der Waals surface area contributed by atoms with Gasteiger partial charge in [-0.05, 0) is 54.1 Å². The van der Waals surface area contributed by atoms with E-state index >= 15 is 0 Å². The molecule has 0 bridgehead atoms. The smallest absolute Gasteiger partial charge is 0.264 e. The first kappa shape index (κ1) is 23.2. The highest BCUT2D eigenvalue weighted by atomic mass is 35.5. The average molecular weight is 494 g/mol. The lowest BCUT2D eigenvalue weighted by atomic mass is 10.0. The fourth-order valence-electron chi connectivity index (χ4n) is 3.56. The molecule has 6 nitrogen and oxygen atoms in total. The van der Waals surface area contributed by atoms with Crippen molar-refractivity contribution in [2.75, 3.05) is 17.5 Å². The Morgan fingerprint density at radius 3 is 2.52 bits per heavy atom. The number of fused-ring (bicyclic) bond motifs is 1. The van der Waals surface area contributed by atoms with E-state index in [1.807, 2.05) is 0 Å². The molecular weight excluding hydrogens is 476 g/mol. The Kier molecular flexibility index (Phi) is 6.38. The fraction of sp³-hybridized carbons (Fsp3) is 0.174. The number of ether oxygens (including phenoxy) is 1. The van der Waals surface area contributed by atoms with Crippen LogP contribution >= 0.6 is 11.6 Å². The molecule has 1 heterocycles. The zero-order chi connectivity index (χ0) is 23.8. The summed E-state index contributed by atoms with van der Waals surface area (Å²) >= 11 is 5.98. The predicted octanol–water partition coefficient (Wildman–Crippen LogP) is 3.99. The van der Waals surface area contributed by atoms with Crippen molar-refractivity contribution in [2.45, 2.75) is 17.4 Å². The van der Waals surface area contributed by atoms with Crippen molar-refractivity contribution in [3.05, 3.63) is 88.4 Å². The number of anilines is 1. The topological polar surface area (TPSA) is 83.9 Å². The van der Waals surface area contributed by atoms with Crippen LogP contribution in [0.5, 0.6) is 5.75 Å². The van der Waals surface area contributed by atoms with Gasteiger partial charge in [-0.1, -0.05) is 23.7 Å². The summed E-state index contributed by atoms with van der Waals surface area (Å²) in [5.74, 6) is -1.72. The molecule has 0 amide bonds. The van der Waals surface area contributed by atoms with Crippen LogP contribution in [0.4, 0.5) is 14.5 Å². The number of nitrogens with zero attached hydrogens (tertiary/aromatic N) is 1. The largest absolute Gasteiger partial charge is 0.484 e. The van der Waals surface area contributed by atoms with Crippen LogP contribution in [0, 0.1) is 11.6 Å². The molecule has 3 aromatic rings. The van der Waals surface area contributed by atoms with Gasteiger partial charge in [0.15, 0.2) is 5.78 Å². The Labute approximate surface area is 194 Å². The molecule has 0 saturated carbocycles. The summed E-state index contributed by atoms with van der Waals surface area (Å²) in [6.07, 6.45) is -1.06. The maximum absolute atomic E-state index is 14.1. The van der Waals surface area contributed by atoms with E-state index in [2.05, 4.69) is 0 Å². The molecule has 4 rings (SSSR count). The minimum atomic E-state index is -4.14. The van der Waals surface area contributed by atoms with Gasteiger partial charge in [0.25, 0.3) is 10.0 Å². The number of aliphatic hydroxyl groups excluding tert-OH is 1. The number of hydrogen-bond acceptors (Lipinski definition) is 5. The summed E-state index contributed by atoms with van der Waals surface area (Å²) in [6, 6.07) is 12.8. The maximum atomic E-state index is 14.1. The van der Waals surface area contributed by atoms with Gasteiger partial charge in [0, 0.05) is 6.42 Å². The van der Waals surface area contributed by atoms with Crippen molar-refractivity contribution in [3.8, 4) is 5.75 Å². The van der Waals surface area contributed by atoms with Crippen LogP contribution in [0.2, 0.25) is 5.02 Å². The first-order valence-corrected chi connectivity index (χ1v) is 11.7. The quantitative estimate of drug-likeness (QED) is 0.525. The van der Waals surface area contributed by atoms with E-state index in [4.69, 9.17) is 16.3 Å². The van der Waals surface area contributed by atoms with E-state index < -0.39 is 40.2 Å². The van der Waals surface area contributed by atoms with Gasteiger partial charge in [0.1, 0.15) is 23.5 Å². The van der Waals surface area contributed by atoms with Crippen LogP contribution in [-0.2, 0) is 16.4 Å². The summed E-state index contributed by atoms with van der Waals surface area (Å²) in [4.78, 5) is 12.6. The first-order chi connectivity index (χ1) is 15.7. The minimum Gasteiger partial charge on any atom is -0.484 e. The van der Waals surface area contributed by atoms with Gasteiger partial charge in [0.05, 0.1) is 34.3 Å². The number of Topliss-reactive ketones (excluding diaryl/α,β-unsaturated/α-hetero) is 1. The predicted molar refractivity (Wildman–Crippen MR) is 118 cm³/mol. The highest BCUT2D eigenvalue weighted by Gasteiger charge is 2.34. The molecule has 0 spiro atoms. The molecule has 33 heavy (non-hydrogen) atoms. The number of ketones is 1. The lowest BCUT2D eigenvalue weighted by molar-refractivity contribution is 0.0989. The molecule has 172 valence electrons. The van der Waals surface area contributed by atoms with E-state index in [1.54, 1.807) is 6.07 Å². The van der Waals surface area contributed by atoms with Crippen LogP contribution in [0.15, 0.2) is 65.6 Å². The van der Waals surface area contributed by atoms with Crippen molar-refractivity contribution in [1.82, 2.24) is 0 Å². The highest BCUT2D eigenvalue weighted by Crippen LogP contribution is 2.38. The molecule has 10 heteroatoms. The normalized spacial score (nSPS) is 15.6. The summed E-state index contributed by atoms with van der Waals surface area (Å²) in [6.45, 7) is -0.624. The van der Waals surface area contributed by atoms with Crippen LogP contribution in [0.25, 0.3) is 0 Å². The summed E-state index contributed by atoms with van der Waals surface area (Å²) in [5, 5.41) is 9.55. The molecule has 0 saturated heterocycles. The van der Waals surface area contributed by atoms with Crippen molar-refractivity contribution < 1.29 is 31.8 Å². The van der Waals surface area contributed by atoms with Gasteiger partial charge < -0.3 is 9.84 Å². The van der Waals surface area contributed by atoms with Gasteiger partial charge in [-0.2, -0.15) is 0 Å². The fourth-order valence-corrected chi connectivity index (χ4v) is 5.33. The number of aliphatic hydroxyl groups is 1. The van der Waals surface area contributed by atoms with Gasteiger partial charge >= 0.3 is 0 Å².